The molecular formula is C16H16ClN3O6S. The highest BCUT2D eigenvalue weighted by molar-refractivity contribution is 7.89. The van der Waals surface area contributed by atoms with Crippen molar-refractivity contribution in [3.05, 3.63) is 63.7 Å². The van der Waals surface area contributed by atoms with Crippen LogP contribution in [-0.2, 0) is 14.8 Å². The van der Waals surface area contributed by atoms with Gasteiger partial charge in [-0.2, -0.15) is 0 Å². The number of ether oxygens (including phenoxy) is 1. The molecule has 0 saturated heterocycles. The van der Waals surface area contributed by atoms with Crippen LogP contribution >= 0.6 is 11.6 Å². The van der Waals surface area contributed by atoms with Crippen molar-refractivity contribution >= 4 is 39.1 Å². The molecule has 0 saturated carbocycles. The smallest absolute Gasteiger partial charge is 0.411 e. The largest absolute Gasteiger partial charge is 0.445 e. The Morgan fingerprint density at radius 1 is 1.26 bits per heavy atom. The number of halogens is 1. The molecule has 0 bridgehead atoms. The van der Waals surface area contributed by atoms with Crippen LogP contribution in [0.25, 0.3) is 0 Å². The lowest BCUT2D eigenvalue weighted by Gasteiger charge is -2.15. The number of benzene rings is 2. The van der Waals surface area contributed by atoms with Crippen molar-refractivity contribution in [1.82, 2.24) is 4.72 Å². The number of sulfonamides is 1. The molecule has 0 aliphatic rings. The summed E-state index contributed by atoms with van der Waals surface area (Å²) in [6, 6.07) is 11.1. The second kappa shape index (κ2) is 8.80. The van der Waals surface area contributed by atoms with Gasteiger partial charge in [0.2, 0.25) is 10.0 Å². The van der Waals surface area contributed by atoms with Gasteiger partial charge in [-0.05, 0) is 31.2 Å². The van der Waals surface area contributed by atoms with Crippen LogP contribution in [0.5, 0.6) is 0 Å². The van der Waals surface area contributed by atoms with E-state index in [1.165, 1.54) is 31.2 Å². The molecule has 0 aromatic heterocycles. The number of non-ortho nitro benzene ring substituents is 1. The molecule has 0 aliphatic heterocycles. The third-order valence-corrected chi connectivity index (χ3v) is 4.94. The fourth-order valence-electron chi connectivity index (χ4n) is 2.01. The molecule has 1 atom stereocenters. The summed E-state index contributed by atoms with van der Waals surface area (Å²) in [5.74, 6) is 0. The van der Waals surface area contributed by atoms with Crippen molar-refractivity contribution in [3.63, 3.8) is 0 Å². The van der Waals surface area contributed by atoms with Crippen LogP contribution in [0, 0.1) is 10.1 Å². The van der Waals surface area contributed by atoms with E-state index in [0.29, 0.717) is 10.7 Å². The summed E-state index contributed by atoms with van der Waals surface area (Å²) >= 11 is 5.81. The molecule has 2 aromatic rings. The third-order valence-electron chi connectivity index (χ3n) is 3.28. The van der Waals surface area contributed by atoms with E-state index in [1.807, 2.05) is 0 Å². The number of carbonyl (C=O) groups excluding carboxylic acids is 1. The Kier molecular flexibility index (Phi) is 6.72. The van der Waals surface area contributed by atoms with Gasteiger partial charge in [0.25, 0.3) is 5.69 Å². The Morgan fingerprint density at radius 3 is 2.63 bits per heavy atom. The highest BCUT2D eigenvalue weighted by atomic mass is 35.5. The maximum absolute atomic E-state index is 12.2. The highest BCUT2D eigenvalue weighted by Crippen LogP contribution is 2.17. The Labute approximate surface area is 160 Å². The first-order chi connectivity index (χ1) is 12.7. The average Bonchev–Trinajstić information content (AvgIpc) is 2.60. The Morgan fingerprint density at radius 2 is 1.96 bits per heavy atom. The number of hydrogen-bond acceptors (Lipinski definition) is 6. The van der Waals surface area contributed by atoms with Gasteiger partial charge in [0.05, 0.1) is 9.82 Å². The normalized spacial score (nSPS) is 12.2. The predicted octanol–water partition coefficient (Wildman–Crippen LogP) is 3.16. The number of nitrogens with zero attached hydrogens (tertiary/aromatic N) is 1. The quantitative estimate of drug-likeness (QED) is 0.530. The van der Waals surface area contributed by atoms with E-state index in [1.54, 1.807) is 18.2 Å². The van der Waals surface area contributed by atoms with E-state index in [4.69, 9.17) is 16.3 Å². The van der Waals surface area contributed by atoms with E-state index in [-0.39, 0.29) is 17.1 Å². The number of nitro groups is 1. The zero-order valence-corrected chi connectivity index (χ0v) is 15.7. The van der Waals surface area contributed by atoms with Gasteiger partial charge in [-0.25, -0.2) is 17.9 Å². The van der Waals surface area contributed by atoms with Crippen molar-refractivity contribution in [1.29, 1.82) is 0 Å². The summed E-state index contributed by atoms with van der Waals surface area (Å²) in [5.41, 5.74) is 0.0833. The fraction of sp³-hybridized carbons (Fsp3) is 0.188. The van der Waals surface area contributed by atoms with E-state index >= 15 is 0 Å². The van der Waals surface area contributed by atoms with Crippen molar-refractivity contribution in [2.24, 2.45) is 0 Å². The maximum Gasteiger partial charge on any atom is 0.411 e. The van der Waals surface area contributed by atoms with Gasteiger partial charge in [0.15, 0.2) is 0 Å². The zero-order valence-electron chi connectivity index (χ0n) is 14.1. The summed E-state index contributed by atoms with van der Waals surface area (Å²) in [6.07, 6.45) is -1.57. The van der Waals surface area contributed by atoms with Crippen molar-refractivity contribution in [2.45, 2.75) is 17.9 Å². The van der Waals surface area contributed by atoms with Crippen LogP contribution in [0.1, 0.15) is 6.92 Å². The first-order valence-electron chi connectivity index (χ1n) is 7.65. The minimum absolute atomic E-state index is 0.214. The SMILES string of the molecule is C[C@H](CNS(=O)(=O)c1cccc([N+](=O)[O-])c1)OC(=O)Nc1cccc(Cl)c1. The molecule has 11 heteroatoms. The van der Waals surface area contributed by atoms with Gasteiger partial charge in [-0.1, -0.05) is 23.7 Å². The Balaban J connectivity index is 1.92. The zero-order chi connectivity index (χ0) is 20.0. The van der Waals surface area contributed by atoms with E-state index < -0.39 is 27.1 Å². The monoisotopic (exact) mass is 413 g/mol. The lowest BCUT2D eigenvalue weighted by atomic mass is 10.3. The standard InChI is InChI=1S/C16H16ClN3O6S/c1-11(26-16(21)19-13-5-2-4-12(17)8-13)10-18-27(24,25)15-7-3-6-14(9-15)20(22)23/h2-9,11,18H,10H2,1H3,(H,19,21)/t11-/m1/s1. The molecule has 0 aliphatic carbocycles. The van der Waals surface area contributed by atoms with Crippen LogP contribution in [0.2, 0.25) is 5.02 Å². The fourth-order valence-corrected chi connectivity index (χ4v) is 3.36. The highest BCUT2D eigenvalue weighted by Gasteiger charge is 2.19. The van der Waals surface area contributed by atoms with Crippen LogP contribution in [0.3, 0.4) is 0 Å². The van der Waals surface area contributed by atoms with Gasteiger partial charge < -0.3 is 4.74 Å². The lowest BCUT2D eigenvalue weighted by Crippen LogP contribution is -2.34. The molecule has 27 heavy (non-hydrogen) atoms. The molecule has 0 spiro atoms. The Hall–Kier alpha value is -2.69. The molecule has 0 unspecified atom stereocenters. The molecule has 2 N–H and O–H groups in total. The molecule has 2 aromatic carbocycles. The van der Waals surface area contributed by atoms with E-state index in [9.17, 15) is 23.3 Å². The van der Waals surface area contributed by atoms with Crippen molar-refractivity contribution in [2.75, 3.05) is 11.9 Å². The van der Waals surface area contributed by atoms with E-state index in [2.05, 4.69) is 10.0 Å². The van der Waals surface area contributed by atoms with Gasteiger partial charge in [0.1, 0.15) is 6.10 Å². The topological polar surface area (TPSA) is 128 Å². The van der Waals surface area contributed by atoms with Crippen LogP contribution in [-0.4, -0.2) is 32.1 Å². The van der Waals surface area contributed by atoms with Crippen LogP contribution in [0.4, 0.5) is 16.2 Å². The minimum atomic E-state index is -4.00. The van der Waals surface area contributed by atoms with Gasteiger partial charge in [0, 0.05) is 29.4 Å². The number of carbonyl (C=O) groups is 1. The second-order valence-corrected chi connectivity index (χ2v) is 7.66. The third kappa shape index (κ3) is 6.20. The molecule has 1 amide bonds. The number of nitro benzene ring substituents is 1. The minimum Gasteiger partial charge on any atom is -0.445 e. The Bertz CT molecular complexity index is 951. The molecular weight excluding hydrogens is 398 g/mol. The summed E-state index contributed by atoms with van der Waals surface area (Å²) in [6.45, 7) is 1.28. The number of nitrogens with one attached hydrogen (secondary N) is 2. The molecule has 144 valence electrons. The van der Waals surface area contributed by atoms with Crippen LogP contribution in [0.15, 0.2) is 53.4 Å². The molecule has 0 fully saturated rings. The molecule has 0 radical (unpaired) electrons. The number of anilines is 1. The summed E-state index contributed by atoms with van der Waals surface area (Å²) in [4.78, 5) is 21.6. The van der Waals surface area contributed by atoms with Gasteiger partial charge in [-0.3, -0.25) is 15.4 Å². The van der Waals surface area contributed by atoms with Gasteiger partial charge in [-0.15, -0.1) is 0 Å². The molecule has 2 rings (SSSR count). The van der Waals surface area contributed by atoms with Crippen LogP contribution < -0.4 is 10.0 Å². The number of rotatable bonds is 7. The van der Waals surface area contributed by atoms with Gasteiger partial charge >= 0.3 is 6.09 Å². The predicted molar refractivity (Wildman–Crippen MR) is 99.3 cm³/mol. The summed E-state index contributed by atoms with van der Waals surface area (Å²) in [7, 11) is -4.00. The second-order valence-electron chi connectivity index (χ2n) is 5.46. The van der Waals surface area contributed by atoms with E-state index in [0.717, 1.165) is 6.07 Å². The van der Waals surface area contributed by atoms with Crippen molar-refractivity contribution in [3.8, 4) is 0 Å². The summed E-state index contributed by atoms with van der Waals surface area (Å²) in [5, 5.41) is 13.7. The average molecular weight is 414 g/mol. The first kappa shape index (κ1) is 20.6. The van der Waals surface area contributed by atoms with Crippen molar-refractivity contribution < 1.29 is 22.9 Å². The first-order valence-corrected chi connectivity index (χ1v) is 9.51. The molecule has 9 nitrogen and oxygen atoms in total. The lowest BCUT2D eigenvalue weighted by molar-refractivity contribution is -0.385. The number of amides is 1. The number of hydrogen-bond donors (Lipinski definition) is 2. The molecule has 0 heterocycles. The summed E-state index contributed by atoms with van der Waals surface area (Å²) < 4.78 is 31.7. The maximum atomic E-state index is 12.2.